The molecule has 1 saturated carbocycles. The van der Waals surface area contributed by atoms with Crippen molar-refractivity contribution in [3.05, 3.63) is 71.3 Å². The largest absolute Gasteiger partial charge is 0.297 e. The minimum absolute atomic E-state index is 0.114. The van der Waals surface area contributed by atoms with Gasteiger partial charge in [0.15, 0.2) is 0 Å². The van der Waals surface area contributed by atoms with Gasteiger partial charge in [-0.25, -0.2) is 0 Å². The van der Waals surface area contributed by atoms with E-state index in [2.05, 4.69) is 73.3 Å². The van der Waals surface area contributed by atoms with Crippen molar-refractivity contribution in [2.45, 2.75) is 75.7 Å². The molecule has 0 saturated heterocycles. The van der Waals surface area contributed by atoms with E-state index in [1.165, 1.54) is 30.0 Å². The summed E-state index contributed by atoms with van der Waals surface area (Å²) in [6.07, 6.45) is 4.30. The summed E-state index contributed by atoms with van der Waals surface area (Å²) < 4.78 is 0. The highest BCUT2D eigenvalue weighted by atomic mass is 35.5. The predicted molar refractivity (Wildman–Crippen MR) is 129 cm³/mol. The number of aryl methyl sites for hydroxylation is 1. The summed E-state index contributed by atoms with van der Waals surface area (Å²) in [6.45, 7) is 8.15. The Kier molecular flexibility index (Phi) is 10.7. The lowest BCUT2D eigenvalue weighted by atomic mass is 9.96. The van der Waals surface area contributed by atoms with E-state index in [-0.39, 0.29) is 10.8 Å². The maximum atomic E-state index is 7.32. The lowest BCUT2D eigenvalue weighted by Gasteiger charge is -2.26. The Morgan fingerprint density at radius 3 is 2.07 bits per heavy atom. The second kappa shape index (κ2) is 13.0. The number of rotatable bonds is 8. The Bertz CT molecular complexity index is 758. The monoisotopic (exact) mass is 444 g/mol. The molecular weight excluding hydrogens is 411 g/mol. The fourth-order valence-corrected chi connectivity index (χ4v) is 4.62. The topological polar surface area (TPSA) is 27.0 Å². The van der Waals surface area contributed by atoms with Gasteiger partial charge < -0.3 is 0 Å². The van der Waals surface area contributed by atoms with Crippen molar-refractivity contribution < 1.29 is 0 Å². The van der Waals surface area contributed by atoms with Crippen molar-refractivity contribution >= 4 is 23.2 Å². The molecule has 2 unspecified atom stereocenters. The Morgan fingerprint density at radius 2 is 1.53 bits per heavy atom. The fraction of sp³-hybridized carbons (Fsp3) is 0.500. The molecule has 0 bridgehead atoms. The van der Waals surface area contributed by atoms with Crippen LogP contribution in [0.2, 0.25) is 0 Å². The summed E-state index contributed by atoms with van der Waals surface area (Å²) in [4.78, 5) is 2.56. The van der Waals surface area contributed by atoms with Crippen LogP contribution in [-0.2, 0) is 13.0 Å². The van der Waals surface area contributed by atoms with Gasteiger partial charge in [0.05, 0.1) is 16.8 Å². The molecule has 0 amide bonds. The van der Waals surface area contributed by atoms with Gasteiger partial charge in [0.1, 0.15) is 0 Å². The average molecular weight is 445 g/mol. The maximum Gasteiger partial charge on any atom is 0.0587 e. The fourth-order valence-electron chi connectivity index (χ4n) is 3.99. The van der Waals surface area contributed by atoms with Crippen LogP contribution >= 0.6 is 23.2 Å². The first-order valence-corrected chi connectivity index (χ1v) is 11.8. The van der Waals surface area contributed by atoms with E-state index in [0.29, 0.717) is 12.0 Å². The standard InChI is InChI=1S/C24H31Cl2N.C2H3N/c1-18(2)27(17-20-7-4-3-5-8-20)14-6-9-19-10-12-21(13-11-19)22-15-23(25)24(26)16-22;1-2-3/h3-5,7-8,10-13,18,22-24H,6,9,14-17H2,1-2H3;1H3. The summed E-state index contributed by atoms with van der Waals surface area (Å²) in [5.41, 5.74) is 4.20. The van der Waals surface area contributed by atoms with Crippen LogP contribution in [0.15, 0.2) is 54.6 Å². The van der Waals surface area contributed by atoms with Gasteiger partial charge >= 0.3 is 0 Å². The molecule has 0 spiro atoms. The number of hydrogen-bond donors (Lipinski definition) is 0. The highest BCUT2D eigenvalue weighted by Gasteiger charge is 2.32. The van der Waals surface area contributed by atoms with Crippen LogP contribution in [0.5, 0.6) is 0 Å². The van der Waals surface area contributed by atoms with E-state index in [0.717, 1.165) is 32.4 Å². The van der Waals surface area contributed by atoms with Crippen LogP contribution in [0.25, 0.3) is 0 Å². The number of hydrogen-bond acceptors (Lipinski definition) is 2. The first-order valence-electron chi connectivity index (χ1n) is 10.9. The van der Waals surface area contributed by atoms with Crippen molar-refractivity contribution in [2.75, 3.05) is 6.54 Å². The number of nitriles is 1. The molecular formula is C26H34Cl2N2. The molecule has 2 aromatic rings. The second-order valence-electron chi connectivity index (χ2n) is 8.32. The molecule has 2 atom stereocenters. The summed E-state index contributed by atoms with van der Waals surface area (Å²) in [5, 5.41) is 7.55. The van der Waals surface area contributed by atoms with Gasteiger partial charge in [-0.05, 0) is 68.7 Å². The minimum Gasteiger partial charge on any atom is -0.297 e. The van der Waals surface area contributed by atoms with E-state index in [4.69, 9.17) is 28.5 Å². The molecule has 0 aliphatic heterocycles. The number of alkyl halides is 2. The first-order chi connectivity index (χ1) is 14.4. The summed E-state index contributed by atoms with van der Waals surface area (Å²) >= 11 is 12.6. The van der Waals surface area contributed by atoms with Crippen molar-refractivity contribution in [1.29, 1.82) is 5.26 Å². The van der Waals surface area contributed by atoms with Crippen LogP contribution in [0.3, 0.4) is 0 Å². The van der Waals surface area contributed by atoms with Gasteiger partial charge in [0.2, 0.25) is 0 Å². The van der Waals surface area contributed by atoms with Crippen molar-refractivity contribution in [3.63, 3.8) is 0 Å². The highest BCUT2D eigenvalue weighted by molar-refractivity contribution is 6.30. The van der Waals surface area contributed by atoms with Crippen LogP contribution in [0.4, 0.5) is 0 Å². The lowest BCUT2D eigenvalue weighted by molar-refractivity contribution is 0.210. The smallest absolute Gasteiger partial charge is 0.0587 e. The lowest BCUT2D eigenvalue weighted by Crippen LogP contribution is -2.31. The Hall–Kier alpha value is -1.53. The average Bonchev–Trinajstić information content (AvgIpc) is 3.07. The molecule has 0 aromatic heterocycles. The molecule has 0 N–H and O–H groups in total. The summed E-state index contributed by atoms with van der Waals surface area (Å²) in [7, 11) is 0. The van der Waals surface area contributed by atoms with Crippen LogP contribution < -0.4 is 0 Å². The number of nitrogens with zero attached hydrogens (tertiary/aromatic N) is 2. The molecule has 162 valence electrons. The maximum absolute atomic E-state index is 7.32. The normalized spacial score (nSPS) is 20.7. The Labute approximate surface area is 192 Å². The molecule has 1 aliphatic carbocycles. The third-order valence-electron chi connectivity index (χ3n) is 5.73. The van der Waals surface area contributed by atoms with Gasteiger partial charge in [-0.2, -0.15) is 5.26 Å². The molecule has 0 radical (unpaired) electrons. The van der Waals surface area contributed by atoms with Crippen molar-refractivity contribution in [3.8, 4) is 6.07 Å². The van der Waals surface area contributed by atoms with Crippen LogP contribution in [0, 0.1) is 11.3 Å². The zero-order valence-electron chi connectivity index (χ0n) is 18.4. The number of halogens is 2. The highest BCUT2D eigenvalue weighted by Crippen LogP contribution is 2.40. The minimum atomic E-state index is 0.114. The zero-order valence-corrected chi connectivity index (χ0v) is 19.9. The van der Waals surface area contributed by atoms with Crippen molar-refractivity contribution in [1.82, 2.24) is 4.90 Å². The molecule has 3 rings (SSSR count). The predicted octanol–water partition coefficient (Wildman–Crippen LogP) is 7.15. The third-order valence-corrected chi connectivity index (χ3v) is 6.83. The molecule has 0 heterocycles. The van der Waals surface area contributed by atoms with E-state index >= 15 is 0 Å². The summed E-state index contributed by atoms with van der Waals surface area (Å²) in [6, 6.07) is 22.2. The molecule has 2 nitrogen and oxygen atoms in total. The number of benzene rings is 2. The van der Waals surface area contributed by atoms with E-state index in [9.17, 15) is 0 Å². The van der Waals surface area contributed by atoms with E-state index < -0.39 is 0 Å². The van der Waals surface area contributed by atoms with Gasteiger partial charge in [0, 0.05) is 19.5 Å². The quantitative estimate of drug-likeness (QED) is 0.404. The summed E-state index contributed by atoms with van der Waals surface area (Å²) in [5.74, 6) is 0.520. The van der Waals surface area contributed by atoms with Gasteiger partial charge in [0.25, 0.3) is 0 Å². The zero-order chi connectivity index (χ0) is 21.9. The first kappa shape index (κ1) is 24.7. The molecule has 4 heteroatoms. The SMILES string of the molecule is CC#N.CC(C)N(CCCc1ccc(C2CC(Cl)C(Cl)C2)cc1)Cc1ccccc1. The van der Waals surface area contributed by atoms with Gasteiger partial charge in [-0.3, -0.25) is 4.90 Å². The van der Waals surface area contributed by atoms with E-state index in [1.807, 2.05) is 0 Å². The Balaban J connectivity index is 0.00000101. The molecule has 1 aliphatic rings. The van der Waals surface area contributed by atoms with Crippen LogP contribution in [-0.4, -0.2) is 28.2 Å². The Morgan fingerprint density at radius 1 is 0.967 bits per heavy atom. The third kappa shape index (κ3) is 7.95. The van der Waals surface area contributed by atoms with Crippen molar-refractivity contribution in [2.24, 2.45) is 0 Å². The second-order valence-corrected chi connectivity index (χ2v) is 9.44. The van der Waals surface area contributed by atoms with Crippen LogP contribution in [0.1, 0.15) is 62.6 Å². The molecule has 30 heavy (non-hydrogen) atoms. The molecule has 2 aromatic carbocycles. The van der Waals surface area contributed by atoms with Gasteiger partial charge in [-0.1, -0.05) is 54.6 Å². The van der Waals surface area contributed by atoms with Gasteiger partial charge in [-0.15, -0.1) is 23.2 Å². The molecule has 1 fully saturated rings. The van der Waals surface area contributed by atoms with E-state index in [1.54, 1.807) is 6.07 Å².